The molecule has 4 nitrogen and oxygen atoms in total. The van der Waals surface area contributed by atoms with E-state index in [4.69, 9.17) is 5.73 Å². The number of rotatable bonds is 0. The third-order valence-corrected chi connectivity index (χ3v) is 1.38. The van der Waals surface area contributed by atoms with Gasteiger partial charge in [-0.25, -0.2) is 0 Å². The molecule has 0 bridgehead atoms. The summed E-state index contributed by atoms with van der Waals surface area (Å²) in [5.74, 6) is 0. The average Bonchev–Trinajstić information content (AvgIpc) is 2.36. The van der Waals surface area contributed by atoms with Crippen molar-refractivity contribution in [3.63, 3.8) is 0 Å². The van der Waals surface area contributed by atoms with Crippen LogP contribution in [0.4, 0.5) is 5.69 Å². The molecule has 0 fully saturated rings. The van der Waals surface area contributed by atoms with E-state index in [2.05, 4.69) is 15.4 Å². The number of fused-ring (bicyclic) bond motifs is 1. The SMILES string of the molecule is Nc1cccc2n[nH]nc12.[Ag]. The number of para-hydroxylation sites is 1. The van der Waals surface area contributed by atoms with Crippen LogP contribution in [0.25, 0.3) is 11.0 Å². The molecule has 61 valence electrons. The Bertz CT molecular complexity index is 356. The Morgan fingerprint density at radius 2 is 2.09 bits per heavy atom. The van der Waals surface area contributed by atoms with Crippen LogP contribution in [-0.4, -0.2) is 15.4 Å². The van der Waals surface area contributed by atoms with Gasteiger partial charge in [0.05, 0.1) is 5.69 Å². The second-order valence-corrected chi connectivity index (χ2v) is 2.04. The number of aromatic nitrogens is 3. The van der Waals surface area contributed by atoms with Gasteiger partial charge in [-0.15, -0.1) is 0 Å². The maximum absolute atomic E-state index is 5.58. The van der Waals surface area contributed by atoms with Crippen molar-refractivity contribution >= 4 is 16.7 Å². The van der Waals surface area contributed by atoms with Gasteiger partial charge in [-0.05, 0) is 12.1 Å². The number of anilines is 1. The Kier molecular flexibility index (Phi) is 2.28. The van der Waals surface area contributed by atoms with Crippen LogP contribution >= 0.6 is 0 Å². The van der Waals surface area contributed by atoms with E-state index in [0.29, 0.717) is 5.69 Å². The van der Waals surface area contributed by atoms with E-state index in [9.17, 15) is 0 Å². The van der Waals surface area contributed by atoms with Gasteiger partial charge in [0, 0.05) is 22.4 Å². The zero-order chi connectivity index (χ0) is 6.97. The van der Waals surface area contributed by atoms with Crippen LogP contribution in [0.15, 0.2) is 18.2 Å². The van der Waals surface area contributed by atoms with Crippen LogP contribution in [0.5, 0.6) is 0 Å². The molecule has 1 aromatic heterocycles. The number of benzene rings is 1. The molecule has 1 radical (unpaired) electrons. The van der Waals surface area contributed by atoms with E-state index < -0.39 is 0 Å². The predicted molar refractivity (Wildman–Crippen MR) is 38.3 cm³/mol. The van der Waals surface area contributed by atoms with Crippen molar-refractivity contribution < 1.29 is 22.4 Å². The van der Waals surface area contributed by atoms with Crippen molar-refractivity contribution in [1.29, 1.82) is 0 Å². The molecule has 0 atom stereocenters. The number of hydrogen-bond acceptors (Lipinski definition) is 3. The molecule has 1 heterocycles. The van der Waals surface area contributed by atoms with Crippen LogP contribution in [-0.2, 0) is 22.4 Å². The number of nitrogens with zero attached hydrogens (tertiary/aromatic N) is 2. The summed E-state index contributed by atoms with van der Waals surface area (Å²) in [6.45, 7) is 0. The molecule has 0 saturated heterocycles. The van der Waals surface area contributed by atoms with Crippen LogP contribution in [0, 0.1) is 0 Å². The molecule has 1 aromatic carbocycles. The first-order chi connectivity index (χ1) is 4.88. The van der Waals surface area contributed by atoms with Crippen LogP contribution in [0.2, 0.25) is 0 Å². The fourth-order valence-corrected chi connectivity index (χ4v) is 0.890. The van der Waals surface area contributed by atoms with E-state index in [-0.39, 0.29) is 22.4 Å². The molecule has 0 aliphatic carbocycles. The zero-order valence-corrected chi connectivity index (χ0v) is 6.99. The summed E-state index contributed by atoms with van der Waals surface area (Å²) in [5.41, 5.74) is 7.78. The van der Waals surface area contributed by atoms with Crippen molar-refractivity contribution in [2.75, 3.05) is 5.73 Å². The van der Waals surface area contributed by atoms with Gasteiger partial charge in [0.25, 0.3) is 0 Å². The van der Waals surface area contributed by atoms with Gasteiger partial charge in [-0.3, -0.25) is 0 Å². The van der Waals surface area contributed by atoms with Crippen molar-refractivity contribution in [2.45, 2.75) is 0 Å². The normalized spacial score (nSPS) is 9.45. The van der Waals surface area contributed by atoms with Crippen molar-refractivity contribution in [2.24, 2.45) is 0 Å². The van der Waals surface area contributed by atoms with Crippen LogP contribution < -0.4 is 5.73 Å². The standard InChI is InChI=1S/C6H6N4.Ag/c7-4-2-1-3-5-6(4)9-10-8-5;/h1-3H,7H2,(H,8,9,10);. The van der Waals surface area contributed by atoms with E-state index in [1.165, 1.54) is 0 Å². The maximum Gasteiger partial charge on any atom is 0.135 e. The minimum Gasteiger partial charge on any atom is -0.397 e. The Morgan fingerprint density at radius 3 is 2.82 bits per heavy atom. The molecule has 2 aromatic rings. The third kappa shape index (κ3) is 1.28. The second kappa shape index (κ2) is 3.04. The number of nitrogens with one attached hydrogen (secondary N) is 1. The maximum atomic E-state index is 5.58. The zero-order valence-electron chi connectivity index (χ0n) is 5.51. The third-order valence-electron chi connectivity index (χ3n) is 1.38. The predicted octanol–water partition coefficient (Wildman–Crippen LogP) is 0.538. The Hall–Kier alpha value is -0.840. The monoisotopic (exact) mass is 241 g/mol. The Morgan fingerprint density at radius 1 is 1.27 bits per heavy atom. The van der Waals surface area contributed by atoms with Gasteiger partial charge < -0.3 is 5.73 Å². The molecule has 0 unspecified atom stereocenters. The second-order valence-electron chi connectivity index (χ2n) is 2.04. The van der Waals surface area contributed by atoms with E-state index in [1.807, 2.05) is 12.1 Å². The summed E-state index contributed by atoms with van der Waals surface area (Å²) in [4.78, 5) is 0. The summed E-state index contributed by atoms with van der Waals surface area (Å²) in [6.07, 6.45) is 0. The fourth-order valence-electron chi connectivity index (χ4n) is 0.890. The number of nitrogen functional groups attached to an aromatic ring is 1. The molecular weight excluding hydrogens is 236 g/mol. The smallest absolute Gasteiger partial charge is 0.135 e. The Balaban J connectivity index is 0.000000605. The topological polar surface area (TPSA) is 67.6 Å². The first-order valence-electron chi connectivity index (χ1n) is 2.93. The first kappa shape index (κ1) is 8.26. The summed E-state index contributed by atoms with van der Waals surface area (Å²) >= 11 is 0. The molecule has 2 rings (SSSR count). The quantitative estimate of drug-likeness (QED) is 0.523. The first-order valence-corrected chi connectivity index (χ1v) is 2.93. The molecule has 0 aliphatic heterocycles. The number of H-pyrrole nitrogens is 1. The van der Waals surface area contributed by atoms with Crippen LogP contribution in [0.3, 0.4) is 0 Å². The van der Waals surface area contributed by atoms with E-state index >= 15 is 0 Å². The van der Waals surface area contributed by atoms with Gasteiger partial charge in [-0.1, -0.05) is 6.07 Å². The van der Waals surface area contributed by atoms with Crippen molar-refractivity contribution in [3.8, 4) is 0 Å². The van der Waals surface area contributed by atoms with Gasteiger partial charge >= 0.3 is 0 Å². The van der Waals surface area contributed by atoms with E-state index in [1.54, 1.807) is 6.07 Å². The molecule has 3 N–H and O–H groups in total. The minimum atomic E-state index is 0. The van der Waals surface area contributed by atoms with Gasteiger partial charge in [0.15, 0.2) is 0 Å². The molecule has 11 heavy (non-hydrogen) atoms. The number of nitrogens with two attached hydrogens (primary N) is 1. The summed E-state index contributed by atoms with van der Waals surface area (Å²) in [7, 11) is 0. The molecule has 0 amide bonds. The molecular formula is C6H6AgN4. The van der Waals surface area contributed by atoms with Gasteiger partial charge in [0.2, 0.25) is 0 Å². The molecule has 0 aliphatic rings. The van der Waals surface area contributed by atoms with Gasteiger partial charge in [0.1, 0.15) is 11.0 Å². The Labute approximate surface area is 78.7 Å². The summed E-state index contributed by atoms with van der Waals surface area (Å²) < 4.78 is 0. The fraction of sp³-hybridized carbons (Fsp3) is 0. The number of aromatic amines is 1. The largest absolute Gasteiger partial charge is 0.397 e. The molecule has 5 heteroatoms. The number of hydrogen-bond donors (Lipinski definition) is 2. The van der Waals surface area contributed by atoms with E-state index in [0.717, 1.165) is 11.0 Å². The summed E-state index contributed by atoms with van der Waals surface area (Å²) in [6, 6.07) is 5.50. The van der Waals surface area contributed by atoms with Crippen molar-refractivity contribution in [1.82, 2.24) is 15.4 Å². The molecule has 0 saturated carbocycles. The average molecular weight is 242 g/mol. The molecule has 0 spiro atoms. The summed E-state index contributed by atoms with van der Waals surface area (Å²) in [5, 5.41) is 10.2. The van der Waals surface area contributed by atoms with Gasteiger partial charge in [-0.2, -0.15) is 15.4 Å². The van der Waals surface area contributed by atoms with Crippen molar-refractivity contribution in [3.05, 3.63) is 18.2 Å². The van der Waals surface area contributed by atoms with Crippen LogP contribution in [0.1, 0.15) is 0 Å². The minimum absolute atomic E-state index is 0.